The van der Waals surface area contributed by atoms with Crippen LogP contribution in [-0.2, 0) is 39.3 Å². The number of fused-ring (bicyclic) bond motifs is 2. The average molecular weight is 623 g/mol. The minimum absolute atomic E-state index is 0.0202. The summed E-state index contributed by atoms with van der Waals surface area (Å²) >= 11 is 1.44. The Hall–Kier alpha value is -2.87. The van der Waals surface area contributed by atoms with Crippen LogP contribution in [0.3, 0.4) is 0 Å². The van der Waals surface area contributed by atoms with Crippen molar-refractivity contribution in [2.45, 2.75) is 75.4 Å². The van der Waals surface area contributed by atoms with Gasteiger partial charge in [0.05, 0.1) is 21.6 Å². The van der Waals surface area contributed by atoms with Crippen molar-refractivity contribution in [2.75, 3.05) is 18.8 Å². The van der Waals surface area contributed by atoms with Gasteiger partial charge in [0.1, 0.15) is 5.60 Å². The van der Waals surface area contributed by atoms with Crippen LogP contribution >= 0.6 is 11.3 Å². The number of nitrogens with one attached hydrogen (secondary N) is 1. The smallest absolute Gasteiger partial charge is 0.366 e. The van der Waals surface area contributed by atoms with Crippen molar-refractivity contribution >= 4 is 27.1 Å². The molecule has 0 radical (unpaired) electrons. The first-order chi connectivity index (χ1) is 19.8. The number of amides is 1. The number of sulfone groups is 1. The Morgan fingerprint density at radius 3 is 2.43 bits per heavy atom. The SMILES string of the molecule is CCS(=O)(=O)c1ccc(CNC(=O)c2cc3c(s2)C2(CCN([C@H](C)c4cnc(C(F)(F)F)nc4)CC2)O[C@@H](C)C3)cc1. The highest BCUT2D eigenvalue weighted by molar-refractivity contribution is 7.91. The minimum atomic E-state index is -4.58. The highest BCUT2D eigenvalue weighted by atomic mass is 32.2. The number of piperidine rings is 1. The zero-order valence-electron chi connectivity index (χ0n) is 23.6. The molecule has 1 fully saturated rings. The highest BCUT2D eigenvalue weighted by Gasteiger charge is 2.45. The second-order valence-corrected chi connectivity index (χ2v) is 14.2. The normalized spacial score (nSPS) is 19.8. The lowest BCUT2D eigenvalue weighted by molar-refractivity contribution is -0.145. The van der Waals surface area contributed by atoms with Crippen LogP contribution in [0.5, 0.6) is 0 Å². The van der Waals surface area contributed by atoms with E-state index in [1.807, 2.05) is 19.9 Å². The molecule has 2 aromatic heterocycles. The van der Waals surface area contributed by atoms with Gasteiger partial charge in [0.2, 0.25) is 5.82 Å². The van der Waals surface area contributed by atoms with E-state index in [1.165, 1.54) is 23.7 Å². The van der Waals surface area contributed by atoms with E-state index in [0.717, 1.165) is 16.0 Å². The van der Waals surface area contributed by atoms with Crippen molar-refractivity contribution in [1.82, 2.24) is 20.2 Å². The van der Waals surface area contributed by atoms with Gasteiger partial charge in [-0.15, -0.1) is 11.3 Å². The standard InChI is InChI=1S/C29H33F3N4O4S2/c1-4-42(38,39)23-7-5-20(6-8-23)15-33-26(37)24-14-21-13-18(2)40-28(25(21)41-24)9-11-36(12-10-28)19(3)22-16-34-27(35-17-22)29(30,31)32/h5-8,14,16-19H,4,9-13,15H2,1-3H3,(H,33,37)/t18-,19+/m0/s1. The van der Waals surface area contributed by atoms with Gasteiger partial charge in [-0.05, 0) is 62.4 Å². The molecule has 2 aliphatic heterocycles. The number of alkyl halides is 3. The number of benzene rings is 1. The van der Waals surface area contributed by atoms with Crippen molar-refractivity contribution < 1.29 is 31.1 Å². The Morgan fingerprint density at radius 2 is 1.83 bits per heavy atom. The molecule has 2 atom stereocenters. The van der Waals surface area contributed by atoms with Crippen LogP contribution in [0.25, 0.3) is 0 Å². The van der Waals surface area contributed by atoms with Gasteiger partial charge in [-0.2, -0.15) is 13.2 Å². The van der Waals surface area contributed by atoms with Gasteiger partial charge >= 0.3 is 6.18 Å². The number of hydrogen-bond donors (Lipinski definition) is 1. The predicted molar refractivity (Wildman–Crippen MR) is 152 cm³/mol. The zero-order valence-corrected chi connectivity index (χ0v) is 25.2. The molecule has 0 aliphatic carbocycles. The maximum Gasteiger partial charge on any atom is 0.451 e. The Morgan fingerprint density at radius 1 is 1.19 bits per heavy atom. The van der Waals surface area contributed by atoms with Crippen molar-refractivity contribution in [3.05, 3.63) is 75.0 Å². The summed E-state index contributed by atoms with van der Waals surface area (Å²) in [6.45, 7) is 7.16. The maximum absolute atomic E-state index is 13.1. The summed E-state index contributed by atoms with van der Waals surface area (Å²) in [5, 5.41) is 2.94. The summed E-state index contributed by atoms with van der Waals surface area (Å²) in [5.74, 6) is -1.32. The maximum atomic E-state index is 13.1. The summed E-state index contributed by atoms with van der Waals surface area (Å²) in [6, 6.07) is 8.32. The molecule has 8 nitrogen and oxygen atoms in total. The molecule has 4 heterocycles. The van der Waals surface area contributed by atoms with E-state index in [2.05, 4.69) is 20.2 Å². The molecule has 0 saturated carbocycles. The van der Waals surface area contributed by atoms with Gasteiger partial charge in [-0.25, -0.2) is 18.4 Å². The van der Waals surface area contributed by atoms with Crippen LogP contribution < -0.4 is 5.32 Å². The molecule has 1 spiro atoms. The summed E-state index contributed by atoms with van der Waals surface area (Å²) in [4.78, 5) is 24.3. The number of thiophene rings is 1. The Bertz CT molecular complexity index is 1530. The largest absolute Gasteiger partial charge is 0.451 e. The molecular formula is C29H33F3N4O4S2. The molecule has 1 saturated heterocycles. The van der Waals surface area contributed by atoms with Crippen molar-refractivity contribution in [3.8, 4) is 0 Å². The summed E-state index contributed by atoms with van der Waals surface area (Å²) in [6.07, 6.45) is -0.0321. The number of nitrogens with zero attached hydrogens (tertiary/aromatic N) is 3. The van der Waals surface area contributed by atoms with Crippen molar-refractivity contribution in [3.63, 3.8) is 0 Å². The van der Waals surface area contributed by atoms with E-state index < -0.39 is 27.4 Å². The number of hydrogen-bond acceptors (Lipinski definition) is 8. The first kappa shape index (κ1) is 30.6. The van der Waals surface area contributed by atoms with Gasteiger partial charge in [0, 0.05) is 48.5 Å². The molecule has 5 rings (SSSR count). The van der Waals surface area contributed by atoms with Crippen LogP contribution in [0.2, 0.25) is 0 Å². The van der Waals surface area contributed by atoms with E-state index in [9.17, 15) is 26.4 Å². The lowest BCUT2D eigenvalue weighted by Crippen LogP contribution is -2.48. The fraction of sp³-hybridized carbons (Fsp3) is 0.483. The fourth-order valence-electron chi connectivity index (χ4n) is 5.65. The molecule has 42 heavy (non-hydrogen) atoms. The molecular weight excluding hydrogens is 589 g/mol. The first-order valence-corrected chi connectivity index (χ1v) is 16.3. The third-order valence-corrected chi connectivity index (χ3v) is 11.2. The van der Waals surface area contributed by atoms with Crippen LogP contribution in [0.15, 0.2) is 47.6 Å². The molecule has 226 valence electrons. The molecule has 2 aliphatic rings. The van der Waals surface area contributed by atoms with E-state index in [1.54, 1.807) is 31.2 Å². The summed E-state index contributed by atoms with van der Waals surface area (Å²) < 4.78 is 69.3. The number of carbonyl (C=O) groups excluding carboxylic acids is 1. The van der Waals surface area contributed by atoms with Crippen LogP contribution in [-0.4, -0.2) is 54.1 Å². The topological polar surface area (TPSA) is 101 Å². The number of aromatic nitrogens is 2. The molecule has 1 N–H and O–H groups in total. The van der Waals surface area contributed by atoms with E-state index in [4.69, 9.17) is 4.74 Å². The second kappa shape index (κ2) is 11.7. The molecule has 1 amide bonds. The molecule has 0 bridgehead atoms. The lowest BCUT2D eigenvalue weighted by atomic mass is 9.83. The predicted octanol–water partition coefficient (Wildman–Crippen LogP) is 5.29. The van der Waals surface area contributed by atoms with Crippen molar-refractivity contribution in [2.24, 2.45) is 0 Å². The molecule has 13 heteroatoms. The minimum Gasteiger partial charge on any atom is -0.366 e. The van der Waals surface area contributed by atoms with Gasteiger partial charge in [-0.3, -0.25) is 9.69 Å². The molecule has 0 unspecified atom stereocenters. The third kappa shape index (κ3) is 6.24. The average Bonchev–Trinajstić information content (AvgIpc) is 3.41. The first-order valence-electron chi connectivity index (χ1n) is 13.9. The van der Waals surface area contributed by atoms with Gasteiger partial charge < -0.3 is 10.1 Å². The number of halogens is 3. The number of ether oxygens (including phenoxy) is 1. The number of rotatable bonds is 7. The molecule has 1 aromatic carbocycles. The van der Waals surface area contributed by atoms with Gasteiger partial charge in [0.15, 0.2) is 9.84 Å². The summed E-state index contributed by atoms with van der Waals surface area (Å²) in [5.41, 5.74) is 2.00. The second-order valence-electron chi connectivity index (χ2n) is 10.9. The highest BCUT2D eigenvalue weighted by Crippen LogP contribution is 2.48. The van der Waals surface area contributed by atoms with Gasteiger partial charge in [-0.1, -0.05) is 19.1 Å². The third-order valence-electron chi connectivity index (χ3n) is 8.06. The Kier molecular flexibility index (Phi) is 8.49. The van der Waals surface area contributed by atoms with Crippen molar-refractivity contribution in [1.29, 1.82) is 0 Å². The fourth-order valence-corrected chi connectivity index (χ4v) is 7.83. The Labute approximate surface area is 247 Å². The van der Waals surface area contributed by atoms with Crippen LogP contribution in [0.1, 0.15) is 76.7 Å². The van der Waals surface area contributed by atoms with E-state index in [-0.39, 0.29) is 35.2 Å². The lowest BCUT2D eigenvalue weighted by Gasteiger charge is -2.47. The zero-order chi connectivity index (χ0) is 30.3. The summed E-state index contributed by atoms with van der Waals surface area (Å²) in [7, 11) is -3.28. The number of carbonyl (C=O) groups is 1. The van der Waals surface area contributed by atoms with E-state index >= 15 is 0 Å². The Balaban J connectivity index is 1.25. The molecule has 3 aromatic rings. The van der Waals surface area contributed by atoms with E-state index in [0.29, 0.717) is 42.8 Å². The number of likely N-dealkylation sites (tertiary alicyclic amines) is 1. The monoisotopic (exact) mass is 622 g/mol. The van der Waals surface area contributed by atoms with Gasteiger partial charge in [0.25, 0.3) is 5.91 Å². The quantitative estimate of drug-likeness (QED) is 0.382. The van der Waals surface area contributed by atoms with Crippen LogP contribution in [0.4, 0.5) is 13.2 Å². The van der Waals surface area contributed by atoms with Crippen LogP contribution in [0, 0.1) is 0 Å².